The summed E-state index contributed by atoms with van der Waals surface area (Å²) in [5.41, 5.74) is 0.548. The number of hydrogen-bond acceptors (Lipinski definition) is 6. The first-order chi connectivity index (χ1) is 9.94. The summed E-state index contributed by atoms with van der Waals surface area (Å²) in [6.07, 6.45) is 1.49. The summed E-state index contributed by atoms with van der Waals surface area (Å²) in [7, 11) is 0. The minimum absolute atomic E-state index is 0.0875. The van der Waals surface area contributed by atoms with Crippen LogP contribution in [0.5, 0.6) is 11.5 Å². The van der Waals surface area contributed by atoms with Crippen molar-refractivity contribution in [3.8, 4) is 11.5 Å². The molecule has 108 valence electrons. The van der Waals surface area contributed by atoms with Crippen LogP contribution in [0.15, 0.2) is 36.5 Å². The first kappa shape index (κ1) is 13.2. The van der Waals surface area contributed by atoms with Gasteiger partial charge in [0.25, 0.3) is 0 Å². The molecule has 1 aromatic heterocycles. The van der Waals surface area contributed by atoms with Crippen molar-refractivity contribution in [2.24, 2.45) is 0 Å². The molecule has 2 heterocycles. The Labute approximate surface area is 120 Å². The number of ether oxygens (including phenoxy) is 2. The smallest absolute Gasteiger partial charge is 0.311 e. The second-order valence-corrected chi connectivity index (χ2v) is 5.02. The van der Waals surface area contributed by atoms with E-state index in [-0.39, 0.29) is 11.5 Å². The first-order valence-electron chi connectivity index (χ1n) is 6.33. The SMILES string of the molecule is CC1(C)Oc2ccc(Nc3ncccc3[N+](=O)[O-])cc2O1. The van der Waals surface area contributed by atoms with Gasteiger partial charge < -0.3 is 14.8 Å². The van der Waals surface area contributed by atoms with Gasteiger partial charge in [-0.3, -0.25) is 10.1 Å². The molecule has 0 saturated heterocycles. The van der Waals surface area contributed by atoms with Gasteiger partial charge in [0.2, 0.25) is 11.6 Å². The third-order valence-corrected chi connectivity index (χ3v) is 2.90. The quantitative estimate of drug-likeness (QED) is 0.688. The molecule has 1 aromatic carbocycles. The molecule has 7 heteroatoms. The molecule has 0 bridgehead atoms. The van der Waals surface area contributed by atoms with Crippen LogP contribution in [0.25, 0.3) is 0 Å². The lowest BCUT2D eigenvalue weighted by Crippen LogP contribution is -2.29. The second kappa shape index (κ2) is 4.62. The number of hydrogen-bond donors (Lipinski definition) is 1. The summed E-state index contributed by atoms with van der Waals surface area (Å²) in [4.78, 5) is 14.5. The molecule has 1 N–H and O–H groups in total. The van der Waals surface area contributed by atoms with Crippen molar-refractivity contribution in [1.82, 2.24) is 4.98 Å². The molecular formula is C14H13N3O4. The van der Waals surface area contributed by atoms with Gasteiger partial charge in [0.1, 0.15) is 0 Å². The Bertz CT molecular complexity index is 715. The van der Waals surface area contributed by atoms with Crippen LogP contribution in [-0.4, -0.2) is 15.7 Å². The lowest BCUT2D eigenvalue weighted by atomic mass is 10.2. The van der Waals surface area contributed by atoms with Gasteiger partial charge in [-0.05, 0) is 18.2 Å². The third kappa shape index (κ3) is 2.58. The molecule has 21 heavy (non-hydrogen) atoms. The number of nitrogens with one attached hydrogen (secondary N) is 1. The van der Waals surface area contributed by atoms with Crippen molar-refractivity contribution in [1.29, 1.82) is 0 Å². The fraction of sp³-hybridized carbons (Fsp3) is 0.214. The standard InChI is InChI=1S/C14H13N3O4/c1-14(2)20-11-6-5-9(8-12(11)21-14)16-13-10(17(18)19)4-3-7-15-13/h3-8H,1-2H3,(H,15,16). The zero-order valence-electron chi connectivity index (χ0n) is 11.5. The Hall–Kier alpha value is -2.83. The van der Waals surface area contributed by atoms with Gasteiger partial charge in [-0.15, -0.1) is 0 Å². The molecule has 0 radical (unpaired) electrons. The maximum Gasteiger partial charge on any atom is 0.311 e. The van der Waals surface area contributed by atoms with Crippen molar-refractivity contribution in [2.45, 2.75) is 19.6 Å². The summed E-state index contributed by atoms with van der Waals surface area (Å²) in [6.45, 7) is 3.62. The average Bonchev–Trinajstić information content (AvgIpc) is 2.72. The van der Waals surface area contributed by atoms with Crippen LogP contribution in [0.2, 0.25) is 0 Å². The molecule has 1 aliphatic rings. The van der Waals surface area contributed by atoms with E-state index >= 15 is 0 Å². The minimum Gasteiger partial charge on any atom is -0.449 e. The molecule has 7 nitrogen and oxygen atoms in total. The summed E-state index contributed by atoms with van der Waals surface area (Å²) in [6, 6.07) is 8.14. The van der Waals surface area contributed by atoms with Crippen LogP contribution >= 0.6 is 0 Å². The highest BCUT2D eigenvalue weighted by atomic mass is 16.7. The molecule has 3 rings (SSSR count). The maximum atomic E-state index is 11.0. The van der Waals surface area contributed by atoms with Crippen LogP contribution in [0.1, 0.15) is 13.8 Å². The lowest BCUT2D eigenvalue weighted by Gasteiger charge is -2.16. The predicted octanol–water partition coefficient (Wildman–Crippen LogP) is 3.24. The lowest BCUT2D eigenvalue weighted by molar-refractivity contribution is -0.384. The van der Waals surface area contributed by atoms with Crippen LogP contribution in [0.4, 0.5) is 17.2 Å². The third-order valence-electron chi connectivity index (χ3n) is 2.90. The highest BCUT2D eigenvalue weighted by Crippen LogP contribution is 2.41. The Morgan fingerprint density at radius 3 is 2.76 bits per heavy atom. The minimum atomic E-state index is -0.710. The van der Waals surface area contributed by atoms with Crippen molar-refractivity contribution < 1.29 is 14.4 Å². The van der Waals surface area contributed by atoms with E-state index in [0.29, 0.717) is 17.2 Å². The summed E-state index contributed by atoms with van der Waals surface area (Å²) in [5, 5.41) is 13.9. The number of nitrogens with zero attached hydrogens (tertiary/aromatic N) is 2. The van der Waals surface area contributed by atoms with Gasteiger partial charge in [-0.1, -0.05) is 0 Å². The number of nitro groups is 1. The fourth-order valence-electron chi connectivity index (χ4n) is 2.08. The zero-order valence-corrected chi connectivity index (χ0v) is 11.5. The van der Waals surface area contributed by atoms with Gasteiger partial charge in [0.05, 0.1) is 4.92 Å². The Kier molecular flexibility index (Phi) is 2.90. The number of aromatic nitrogens is 1. The number of rotatable bonds is 3. The van der Waals surface area contributed by atoms with E-state index in [9.17, 15) is 10.1 Å². The van der Waals surface area contributed by atoms with E-state index in [2.05, 4.69) is 10.3 Å². The van der Waals surface area contributed by atoms with E-state index in [1.165, 1.54) is 18.3 Å². The van der Waals surface area contributed by atoms with Crippen LogP contribution < -0.4 is 14.8 Å². The monoisotopic (exact) mass is 287 g/mol. The molecular weight excluding hydrogens is 274 g/mol. The Morgan fingerprint density at radius 1 is 1.24 bits per heavy atom. The van der Waals surface area contributed by atoms with Crippen molar-refractivity contribution in [3.05, 3.63) is 46.6 Å². The molecule has 0 unspecified atom stereocenters. The summed E-state index contributed by atoms with van der Waals surface area (Å²) >= 11 is 0. The van der Waals surface area contributed by atoms with Gasteiger partial charge >= 0.3 is 5.69 Å². The molecule has 2 aromatic rings. The molecule has 0 saturated carbocycles. The highest BCUT2D eigenvalue weighted by Gasteiger charge is 2.31. The summed E-state index contributed by atoms with van der Waals surface area (Å²) < 4.78 is 11.2. The predicted molar refractivity (Wildman–Crippen MR) is 76.0 cm³/mol. The van der Waals surface area contributed by atoms with Gasteiger partial charge in [-0.2, -0.15) is 0 Å². The van der Waals surface area contributed by atoms with Crippen LogP contribution in [0, 0.1) is 10.1 Å². The number of pyridine rings is 1. The van der Waals surface area contributed by atoms with E-state index < -0.39 is 10.7 Å². The second-order valence-electron chi connectivity index (χ2n) is 5.02. The molecule has 0 fully saturated rings. The van der Waals surface area contributed by atoms with Gasteiger partial charge in [0.15, 0.2) is 11.5 Å². The number of fused-ring (bicyclic) bond motifs is 1. The van der Waals surface area contributed by atoms with E-state index in [0.717, 1.165) is 0 Å². The van der Waals surface area contributed by atoms with Crippen molar-refractivity contribution in [3.63, 3.8) is 0 Å². The highest BCUT2D eigenvalue weighted by molar-refractivity contribution is 5.67. The number of benzene rings is 1. The van der Waals surface area contributed by atoms with Gasteiger partial charge in [-0.25, -0.2) is 4.98 Å². The molecule has 0 atom stereocenters. The molecule has 0 amide bonds. The van der Waals surface area contributed by atoms with E-state index in [1.807, 2.05) is 13.8 Å². The normalized spacial score (nSPS) is 14.8. The average molecular weight is 287 g/mol. The van der Waals surface area contributed by atoms with E-state index in [1.54, 1.807) is 18.2 Å². The number of anilines is 2. The molecule has 0 aliphatic carbocycles. The molecule has 1 aliphatic heterocycles. The van der Waals surface area contributed by atoms with Crippen LogP contribution in [-0.2, 0) is 0 Å². The topological polar surface area (TPSA) is 86.5 Å². The molecule has 0 spiro atoms. The first-order valence-corrected chi connectivity index (χ1v) is 6.33. The summed E-state index contributed by atoms with van der Waals surface area (Å²) in [5.74, 6) is 0.697. The Balaban J connectivity index is 1.89. The zero-order chi connectivity index (χ0) is 15.0. The largest absolute Gasteiger partial charge is 0.449 e. The fourth-order valence-corrected chi connectivity index (χ4v) is 2.08. The van der Waals surface area contributed by atoms with Crippen molar-refractivity contribution >= 4 is 17.2 Å². The van der Waals surface area contributed by atoms with Crippen LogP contribution in [0.3, 0.4) is 0 Å². The van der Waals surface area contributed by atoms with Gasteiger partial charge in [0, 0.05) is 37.9 Å². The maximum absolute atomic E-state index is 11.0. The van der Waals surface area contributed by atoms with Crippen molar-refractivity contribution in [2.75, 3.05) is 5.32 Å². The van der Waals surface area contributed by atoms with E-state index in [4.69, 9.17) is 9.47 Å². The Morgan fingerprint density at radius 2 is 2.00 bits per heavy atom.